The van der Waals surface area contributed by atoms with Gasteiger partial charge in [-0.3, -0.25) is 9.59 Å². The van der Waals surface area contributed by atoms with Gasteiger partial charge in [0.05, 0.1) is 12.4 Å². The summed E-state index contributed by atoms with van der Waals surface area (Å²) < 4.78 is 4.81. The van der Waals surface area contributed by atoms with E-state index in [2.05, 4.69) is 19.2 Å². The smallest absolute Gasteiger partial charge is 0.322 e. The van der Waals surface area contributed by atoms with Gasteiger partial charge in [0.1, 0.15) is 6.04 Å². The third-order valence-corrected chi connectivity index (χ3v) is 3.74. The monoisotopic (exact) mass is 290 g/mol. The van der Waals surface area contributed by atoms with Crippen molar-refractivity contribution in [2.45, 2.75) is 52.1 Å². The molecule has 0 radical (unpaired) electrons. The van der Waals surface area contributed by atoms with Crippen LogP contribution >= 0.6 is 11.8 Å². The summed E-state index contributed by atoms with van der Waals surface area (Å²) in [6.07, 6.45) is 2.42. The molecule has 0 aliphatic carbocycles. The summed E-state index contributed by atoms with van der Waals surface area (Å²) in [5, 5.41) is 2.96. The van der Waals surface area contributed by atoms with Crippen molar-refractivity contribution in [3.63, 3.8) is 0 Å². The predicted molar refractivity (Wildman–Crippen MR) is 79.1 cm³/mol. The first-order valence-electron chi connectivity index (χ1n) is 6.84. The molecule has 19 heavy (non-hydrogen) atoms. The van der Waals surface area contributed by atoms with Crippen LogP contribution in [-0.4, -0.2) is 42.1 Å². The number of nitrogens with two attached hydrogens (primary N) is 1. The Kier molecular flexibility index (Phi) is 10.7. The van der Waals surface area contributed by atoms with Gasteiger partial charge < -0.3 is 15.8 Å². The second-order valence-corrected chi connectivity index (χ2v) is 5.39. The van der Waals surface area contributed by atoms with Crippen LogP contribution in [0.4, 0.5) is 0 Å². The topological polar surface area (TPSA) is 81.4 Å². The summed E-state index contributed by atoms with van der Waals surface area (Å²) in [4.78, 5) is 22.9. The Labute approximate surface area is 120 Å². The number of nitrogens with one attached hydrogen (secondary N) is 1. The molecule has 5 nitrogen and oxygen atoms in total. The number of hydrogen-bond donors (Lipinski definition) is 2. The van der Waals surface area contributed by atoms with E-state index in [1.165, 1.54) is 11.8 Å². The lowest BCUT2D eigenvalue weighted by Crippen LogP contribution is -2.35. The second-order valence-electron chi connectivity index (χ2n) is 4.28. The molecule has 0 rings (SSSR count). The first kappa shape index (κ1) is 18.2. The Morgan fingerprint density at radius 2 is 1.89 bits per heavy atom. The van der Waals surface area contributed by atoms with E-state index in [9.17, 15) is 9.59 Å². The largest absolute Gasteiger partial charge is 0.465 e. The van der Waals surface area contributed by atoms with Gasteiger partial charge in [0, 0.05) is 6.04 Å². The fraction of sp³-hybridized carbons (Fsp3) is 0.846. The van der Waals surface area contributed by atoms with E-state index in [-0.39, 0.29) is 17.9 Å². The van der Waals surface area contributed by atoms with E-state index in [0.717, 1.165) is 12.8 Å². The number of rotatable bonds is 10. The molecule has 0 saturated carbocycles. The van der Waals surface area contributed by atoms with Gasteiger partial charge in [0.15, 0.2) is 0 Å². The summed E-state index contributed by atoms with van der Waals surface area (Å²) in [5.41, 5.74) is 5.66. The van der Waals surface area contributed by atoms with Gasteiger partial charge in [0.25, 0.3) is 0 Å². The van der Waals surface area contributed by atoms with Crippen LogP contribution in [0.1, 0.15) is 40.0 Å². The molecule has 6 heteroatoms. The molecule has 0 aromatic rings. The maximum atomic E-state index is 11.6. The molecule has 1 amide bonds. The molecule has 0 bridgehead atoms. The summed E-state index contributed by atoms with van der Waals surface area (Å²) >= 11 is 1.49. The van der Waals surface area contributed by atoms with Gasteiger partial charge >= 0.3 is 5.97 Å². The molecule has 0 aromatic heterocycles. The molecule has 3 N–H and O–H groups in total. The molecule has 0 aliphatic rings. The lowest BCUT2D eigenvalue weighted by molar-refractivity contribution is -0.144. The highest BCUT2D eigenvalue weighted by molar-refractivity contribution is 7.99. The Morgan fingerprint density at radius 3 is 2.42 bits per heavy atom. The van der Waals surface area contributed by atoms with Crippen molar-refractivity contribution in [2.75, 3.05) is 18.1 Å². The maximum absolute atomic E-state index is 11.6. The number of thioether (sulfide) groups is 1. The Balaban J connectivity index is 3.68. The van der Waals surface area contributed by atoms with Gasteiger partial charge in [-0.15, -0.1) is 0 Å². The number of amides is 1. The Bertz CT molecular complexity index is 271. The summed E-state index contributed by atoms with van der Waals surface area (Å²) in [7, 11) is 0. The highest BCUT2D eigenvalue weighted by atomic mass is 32.2. The van der Waals surface area contributed by atoms with Gasteiger partial charge in [-0.25, -0.2) is 0 Å². The van der Waals surface area contributed by atoms with Crippen LogP contribution in [0.25, 0.3) is 0 Å². The first-order valence-corrected chi connectivity index (χ1v) is 7.99. The quantitative estimate of drug-likeness (QED) is 0.468. The van der Waals surface area contributed by atoms with Crippen molar-refractivity contribution in [3.8, 4) is 0 Å². The minimum Gasteiger partial charge on any atom is -0.465 e. The maximum Gasteiger partial charge on any atom is 0.322 e. The van der Waals surface area contributed by atoms with Crippen molar-refractivity contribution in [3.05, 3.63) is 0 Å². The normalized spacial score (nSPS) is 12.3. The molecular weight excluding hydrogens is 264 g/mol. The Hall–Kier alpha value is -0.750. The zero-order valence-electron chi connectivity index (χ0n) is 12.1. The van der Waals surface area contributed by atoms with E-state index < -0.39 is 6.04 Å². The van der Waals surface area contributed by atoms with Crippen molar-refractivity contribution in [2.24, 2.45) is 5.73 Å². The van der Waals surface area contributed by atoms with Crippen LogP contribution in [0.5, 0.6) is 0 Å². The predicted octanol–water partition coefficient (Wildman–Crippen LogP) is 1.30. The molecule has 1 unspecified atom stereocenters. The molecule has 0 aromatic carbocycles. The lowest BCUT2D eigenvalue weighted by Gasteiger charge is -2.14. The summed E-state index contributed by atoms with van der Waals surface area (Å²) in [5.74, 6) is 0.760. The van der Waals surface area contributed by atoms with Gasteiger partial charge in [-0.2, -0.15) is 11.8 Å². The van der Waals surface area contributed by atoms with E-state index >= 15 is 0 Å². The molecular formula is C13H26N2O3S. The molecule has 0 aliphatic heterocycles. The second kappa shape index (κ2) is 11.1. The molecule has 0 spiro atoms. The van der Waals surface area contributed by atoms with E-state index in [4.69, 9.17) is 10.5 Å². The van der Waals surface area contributed by atoms with Crippen LogP contribution in [0.2, 0.25) is 0 Å². The minimum atomic E-state index is -0.588. The van der Waals surface area contributed by atoms with Gasteiger partial charge in [-0.05, 0) is 31.9 Å². The van der Waals surface area contributed by atoms with Gasteiger partial charge in [0.2, 0.25) is 5.91 Å². The Morgan fingerprint density at radius 1 is 1.26 bits per heavy atom. The number of ether oxygens (including phenoxy) is 1. The van der Waals surface area contributed by atoms with Crippen LogP contribution < -0.4 is 11.1 Å². The summed E-state index contributed by atoms with van der Waals surface area (Å²) in [6.45, 7) is 6.21. The van der Waals surface area contributed by atoms with Crippen molar-refractivity contribution in [1.29, 1.82) is 0 Å². The fourth-order valence-corrected chi connectivity index (χ4v) is 2.34. The standard InChI is InChI=1S/C13H26N2O3S/c1-4-10(5-2)15-12(16)9-19-8-7-11(14)13(17)18-6-3/h10-11H,4-9,14H2,1-3H3,(H,15,16). The molecule has 112 valence electrons. The van der Waals surface area contributed by atoms with E-state index in [1.54, 1.807) is 6.92 Å². The molecule has 1 atom stereocenters. The van der Waals surface area contributed by atoms with E-state index in [0.29, 0.717) is 24.5 Å². The SMILES string of the molecule is CCOC(=O)C(N)CCSCC(=O)NC(CC)CC. The van der Waals surface area contributed by atoms with Crippen molar-refractivity contribution >= 4 is 23.6 Å². The van der Waals surface area contributed by atoms with E-state index in [1.807, 2.05) is 0 Å². The van der Waals surface area contributed by atoms with Crippen molar-refractivity contribution in [1.82, 2.24) is 5.32 Å². The van der Waals surface area contributed by atoms with Gasteiger partial charge in [-0.1, -0.05) is 13.8 Å². The van der Waals surface area contributed by atoms with Crippen LogP contribution in [-0.2, 0) is 14.3 Å². The lowest BCUT2D eigenvalue weighted by atomic mass is 10.2. The molecule has 0 saturated heterocycles. The minimum absolute atomic E-state index is 0.0448. The highest BCUT2D eigenvalue weighted by Crippen LogP contribution is 2.06. The van der Waals surface area contributed by atoms with Crippen molar-refractivity contribution < 1.29 is 14.3 Å². The average molecular weight is 290 g/mol. The zero-order valence-corrected chi connectivity index (χ0v) is 12.9. The van der Waals surface area contributed by atoms with Crippen LogP contribution in [0, 0.1) is 0 Å². The third kappa shape index (κ3) is 8.88. The average Bonchev–Trinajstić information content (AvgIpc) is 2.40. The molecule has 0 fully saturated rings. The zero-order chi connectivity index (χ0) is 14.7. The highest BCUT2D eigenvalue weighted by Gasteiger charge is 2.14. The molecule has 0 heterocycles. The number of hydrogen-bond acceptors (Lipinski definition) is 5. The van der Waals surface area contributed by atoms with Crippen LogP contribution in [0.15, 0.2) is 0 Å². The number of esters is 1. The number of carbonyl (C=O) groups excluding carboxylic acids is 2. The fourth-order valence-electron chi connectivity index (χ4n) is 1.50. The number of carbonyl (C=O) groups is 2. The first-order chi connectivity index (χ1) is 9.04. The summed E-state index contributed by atoms with van der Waals surface area (Å²) in [6, 6.07) is -0.329. The third-order valence-electron chi connectivity index (χ3n) is 2.75. The van der Waals surface area contributed by atoms with Crippen LogP contribution in [0.3, 0.4) is 0 Å².